The van der Waals surface area contributed by atoms with Crippen molar-refractivity contribution in [3.8, 4) is 5.75 Å². The van der Waals surface area contributed by atoms with Crippen molar-refractivity contribution in [1.29, 1.82) is 0 Å². The van der Waals surface area contributed by atoms with Gasteiger partial charge in [0.1, 0.15) is 22.3 Å². The van der Waals surface area contributed by atoms with Crippen molar-refractivity contribution in [2.75, 3.05) is 20.2 Å². The van der Waals surface area contributed by atoms with Crippen molar-refractivity contribution in [3.05, 3.63) is 58.2 Å². The van der Waals surface area contributed by atoms with Gasteiger partial charge in [0.2, 0.25) is 0 Å². The molecule has 3 aromatic rings. The average Bonchev–Trinajstić information content (AvgIpc) is 2.72. The van der Waals surface area contributed by atoms with E-state index in [9.17, 15) is 0 Å². The number of aliphatic imine (C=N–C) groups is 1. The van der Waals surface area contributed by atoms with Gasteiger partial charge in [0, 0.05) is 28.9 Å². The average molecular weight is 443 g/mol. The highest BCUT2D eigenvalue weighted by molar-refractivity contribution is 9.10. The number of para-hydroxylation sites is 2. The van der Waals surface area contributed by atoms with Crippen LogP contribution in [0.25, 0.3) is 11.0 Å². The molecule has 4 rings (SSSR count). The molecule has 138 valence electrons. The fraction of sp³-hybridized carbons (Fsp3) is 0.250. The van der Waals surface area contributed by atoms with Gasteiger partial charge in [-0.2, -0.15) is 0 Å². The lowest BCUT2D eigenvalue weighted by molar-refractivity contribution is 0.411. The second kappa shape index (κ2) is 8.27. The van der Waals surface area contributed by atoms with Crippen molar-refractivity contribution in [1.82, 2.24) is 15.3 Å². The molecule has 7 heteroatoms. The number of nitrogens with zero attached hydrogens (tertiary/aromatic N) is 3. The minimum atomic E-state index is 0.732. The summed E-state index contributed by atoms with van der Waals surface area (Å²) in [6.07, 6.45) is 1.04. The number of ether oxygens (including phenoxy) is 1. The molecule has 1 aromatic heterocycles. The van der Waals surface area contributed by atoms with E-state index in [2.05, 4.69) is 32.3 Å². The fourth-order valence-corrected chi connectivity index (χ4v) is 4.30. The summed E-state index contributed by atoms with van der Waals surface area (Å²) < 4.78 is 6.53. The lowest BCUT2D eigenvalue weighted by atomic mass is 10.2. The van der Waals surface area contributed by atoms with Gasteiger partial charge in [-0.25, -0.2) is 9.97 Å². The molecule has 27 heavy (non-hydrogen) atoms. The molecule has 0 saturated heterocycles. The molecule has 0 aliphatic carbocycles. The number of hydrogen-bond donors (Lipinski definition) is 1. The van der Waals surface area contributed by atoms with Gasteiger partial charge >= 0.3 is 0 Å². The summed E-state index contributed by atoms with van der Waals surface area (Å²) in [7, 11) is 1.69. The van der Waals surface area contributed by atoms with Crippen LogP contribution in [0.3, 0.4) is 0 Å². The van der Waals surface area contributed by atoms with E-state index in [1.54, 1.807) is 18.9 Å². The van der Waals surface area contributed by atoms with Crippen molar-refractivity contribution in [2.24, 2.45) is 4.99 Å². The first-order valence-electron chi connectivity index (χ1n) is 8.75. The Bertz CT molecular complexity index is 1010. The number of nitrogens with one attached hydrogen (secondary N) is 1. The number of amidine groups is 1. The van der Waals surface area contributed by atoms with Gasteiger partial charge in [-0.15, -0.1) is 0 Å². The summed E-state index contributed by atoms with van der Waals surface area (Å²) in [4.78, 5) is 14.4. The first-order valence-corrected chi connectivity index (χ1v) is 10.5. The van der Waals surface area contributed by atoms with E-state index in [1.165, 1.54) is 0 Å². The van der Waals surface area contributed by atoms with Gasteiger partial charge in [0.05, 0.1) is 18.1 Å². The molecule has 0 bridgehead atoms. The molecule has 0 fully saturated rings. The van der Waals surface area contributed by atoms with Crippen molar-refractivity contribution in [2.45, 2.75) is 17.2 Å². The molecule has 1 N–H and O–H groups in total. The Morgan fingerprint density at radius 2 is 1.96 bits per heavy atom. The van der Waals surface area contributed by atoms with Crippen LogP contribution in [-0.2, 0) is 5.75 Å². The van der Waals surface area contributed by atoms with Gasteiger partial charge in [-0.1, -0.05) is 39.8 Å². The summed E-state index contributed by atoms with van der Waals surface area (Å²) in [5.41, 5.74) is 3.71. The molecule has 5 nitrogen and oxygen atoms in total. The maximum atomic E-state index is 5.50. The van der Waals surface area contributed by atoms with Crippen LogP contribution >= 0.6 is 27.7 Å². The predicted molar refractivity (Wildman–Crippen MR) is 114 cm³/mol. The molecule has 2 heterocycles. The smallest absolute Gasteiger partial charge is 0.150 e. The Hall–Kier alpha value is -2.12. The highest BCUT2D eigenvalue weighted by Gasteiger charge is 2.17. The minimum absolute atomic E-state index is 0.732. The highest BCUT2D eigenvalue weighted by atomic mass is 79.9. The third-order valence-electron chi connectivity index (χ3n) is 4.27. The van der Waals surface area contributed by atoms with E-state index in [0.717, 1.165) is 68.6 Å². The first kappa shape index (κ1) is 18.3. The van der Waals surface area contributed by atoms with E-state index >= 15 is 0 Å². The second-order valence-corrected chi connectivity index (χ2v) is 8.00. The molecular weight excluding hydrogens is 424 g/mol. The van der Waals surface area contributed by atoms with Gasteiger partial charge in [0.25, 0.3) is 0 Å². The maximum Gasteiger partial charge on any atom is 0.150 e. The first-order chi connectivity index (χ1) is 13.2. The molecule has 0 atom stereocenters. The number of fused-ring (bicyclic) bond motifs is 1. The third-order valence-corrected chi connectivity index (χ3v) is 5.77. The monoisotopic (exact) mass is 442 g/mol. The zero-order valence-electron chi connectivity index (χ0n) is 14.9. The summed E-state index contributed by atoms with van der Waals surface area (Å²) in [6, 6.07) is 14.0. The molecule has 0 spiro atoms. The van der Waals surface area contributed by atoms with E-state index in [1.807, 2.05) is 36.4 Å². The molecule has 0 unspecified atom stereocenters. The zero-order chi connectivity index (χ0) is 18.6. The predicted octanol–water partition coefficient (Wildman–Crippen LogP) is 4.43. The quantitative estimate of drug-likeness (QED) is 0.592. The largest absolute Gasteiger partial charge is 0.496 e. The van der Waals surface area contributed by atoms with E-state index in [4.69, 9.17) is 14.7 Å². The number of hydrogen-bond acceptors (Lipinski definition) is 6. The van der Waals surface area contributed by atoms with Crippen LogP contribution in [0.2, 0.25) is 0 Å². The number of methoxy groups -OCH3 is 1. The van der Waals surface area contributed by atoms with Gasteiger partial charge in [-0.05, 0) is 36.8 Å². The lowest BCUT2D eigenvalue weighted by Crippen LogP contribution is -2.31. The Balaban J connectivity index is 1.71. The normalized spacial score (nSPS) is 13.9. The zero-order valence-corrected chi connectivity index (χ0v) is 17.3. The molecule has 0 radical (unpaired) electrons. The Labute approximate surface area is 170 Å². The molecule has 1 aliphatic rings. The lowest BCUT2D eigenvalue weighted by Gasteiger charge is -2.17. The van der Waals surface area contributed by atoms with Gasteiger partial charge in [-0.3, -0.25) is 4.99 Å². The van der Waals surface area contributed by atoms with Crippen molar-refractivity contribution < 1.29 is 4.74 Å². The number of rotatable bonds is 5. The molecule has 0 amide bonds. The van der Waals surface area contributed by atoms with E-state index < -0.39 is 0 Å². The Morgan fingerprint density at radius 3 is 2.70 bits per heavy atom. The summed E-state index contributed by atoms with van der Waals surface area (Å²) in [5, 5.41) is 4.25. The van der Waals surface area contributed by atoms with Gasteiger partial charge in [0.15, 0.2) is 0 Å². The topological polar surface area (TPSA) is 59.4 Å². The summed E-state index contributed by atoms with van der Waals surface area (Å²) in [6.45, 7) is 1.73. The summed E-state index contributed by atoms with van der Waals surface area (Å²) >= 11 is 5.19. The number of benzene rings is 2. The van der Waals surface area contributed by atoms with E-state index in [0.29, 0.717) is 0 Å². The van der Waals surface area contributed by atoms with Crippen molar-refractivity contribution in [3.63, 3.8) is 0 Å². The second-order valence-electron chi connectivity index (χ2n) is 6.12. The van der Waals surface area contributed by atoms with Crippen LogP contribution in [0.5, 0.6) is 5.75 Å². The highest BCUT2D eigenvalue weighted by Crippen LogP contribution is 2.31. The third kappa shape index (κ3) is 4.09. The number of thioether (sulfide) groups is 1. The fourth-order valence-electron chi connectivity index (χ4n) is 2.94. The van der Waals surface area contributed by atoms with E-state index in [-0.39, 0.29) is 0 Å². The van der Waals surface area contributed by atoms with Crippen LogP contribution in [0.1, 0.15) is 17.7 Å². The number of halogens is 1. The van der Waals surface area contributed by atoms with Gasteiger partial charge < -0.3 is 10.1 Å². The Morgan fingerprint density at radius 1 is 1.15 bits per heavy atom. The Kier molecular flexibility index (Phi) is 5.59. The van der Waals surface area contributed by atoms with Crippen LogP contribution in [0, 0.1) is 0 Å². The standard InChI is InChI=1S/C20H19BrN4OS/c1-26-17-8-7-14(21)11-13(17)12-27-20-18(19-22-9-4-10-23-19)24-15-5-2-3-6-16(15)25-20/h2-3,5-8,11H,4,9-10,12H2,1H3,(H,22,23). The molecule has 2 aromatic carbocycles. The molecule has 1 aliphatic heterocycles. The van der Waals surface area contributed by atoms with Crippen LogP contribution in [-0.4, -0.2) is 36.0 Å². The molecule has 0 saturated carbocycles. The SMILES string of the molecule is COc1ccc(Br)cc1CSc1nc2ccccc2nc1C1=NCCCN1. The maximum absolute atomic E-state index is 5.50. The van der Waals surface area contributed by atoms with Crippen molar-refractivity contribution >= 4 is 44.6 Å². The van der Waals surface area contributed by atoms with Crippen LogP contribution < -0.4 is 10.1 Å². The van der Waals surface area contributed by atoms with Crippen LogP contribution in [0.15, 0.2) is 57.0 Å². The minimum Gasteiger partial charge on any atom is -0.496 e. The summed E-state index contributed by atoms with van der Waals surface area (Å²) in [5.74, 6) is 2.44. The molecular formula is C20H19BrN4OS. The van der Waals surface area contributed by atoms with Crippen LogP contribution in [0.4, 0.5) is 0 Å². The number of aromatic nitrogens is 2.